The summed E-state index contributed by atoms with van der Waals surface area (Å²) in [6.07, 6.45) is 1.47. The SMILES string of the molecule is Cc1ncccc1O[Cl+3]([O-])([O-])[O-]. The Labute approximate surface area is 71.0 Å². The van der Waals surface area contributed by atoms with Gasteiger partial charge < -0.3 is 0 Å². The first-order chi connectivity index (χ1) is 5.49. The Morgan fingerprint density at radius 3 is 2.58 bits per heavy atom. The van der Waals surface area contributed by atoms with Crippen LogP contribution in [0.3, 0.4) is 0 Å². The van der Waals surface area contributed by atoms with Crippen molar-refractivity contribution in [2.24, 2.45) is 0 Å². The van der Waals surface area contributed by atoms with Gasteiger partial charge in [-0.15, -0.1) is 0 Å². The molecular formula is C6H6ClNO4. The fourth-order valence-corrected chi connectivity index (χ4v) is 1.02. The summed E-state index contributed by atoms with van der Waals surface area (Å²) in [6.45, 7) is 1.54. The normalized spacial score (nSPS) is 11.3. The van der Waals surface area contributed by atoms with E-state index in [4.69, 9.17) is 0 Å². The second-order valence-corrected chi connectivity index (χ2v) is 2.95. The first kappa shape index (κ1) is 9.21. The molecule has 12 heavy (non-hydrogen) atoms. The lowest BCUT2D eigenvalue weighted by molar-refractivity contribution is -1.91. The van der Waals surface area contributed by atoms with Gasteiger partial charge in [0, 0.05) is 12.3 Å². The van der Waals surface area contributed by atoms with Crippen LogP contribution in [0.15, 0.2) is 18.3 Å². The molecule has 0 N–H and O–H groups in total. The molecule has 66 valence electrons. The van der Waals surface area contributed by atoms with Crippen molar-refractivity contribution in [3.8, 4) is 5.75 Å². The molecule has 0 fully saturated rings. The summed E-state index contributed by atoms with van der Waals surface area (Å²) >= 11 is 0. The van der Waals surface area contributed by atoms with Crippen LogP contribution in [-0.4, -0.2) is 4.98 Å². The van der Waals surface area contributed by atoms with Gasteiger partial charge in [-0.2, -0.15) is 14.0 Å². The van der Waals surface area contributed by atoms with Gasteiger partial charge in [0.2, 0.25) is 0 Å². The van der Waals surface area contributed by atoms with Gasteiger partial charge in [0.25, 0.3) is 0 Å². The third kappa shape index (κ3) is 2.63. The van der Waals surface area contributed by atoms with E-state index in [1.807, 2.05) is 0 Å². The molecule has 0 aliphatic heterocycles. The summed E-state index contributed by atoms with van der Waals surface area (Å²) in [5, 5.41) is 0. The third-order valence-electron chi connectivity index (χ3n) is 1.14. The molecule has 0 aliphatic carbocycles. The van der Waals surface area contributed by atoms with Gasteiger partial charge in [-0.1, -0.05) is 4.29 Å². The van der Waals surface area contributed by atoms with Crippen molar-refractivity contribution in [1.29, 1.82) is 0 Å². The fraction of sp³-hybridized carbons (Fsp3) is 0.167. The number of aryl methyl sites for hydroxylation is 1. The second kappa shape index (κ2) is 3.24. The quantitative estimate of drug-likeness (QED) is 0.523. The number of hydrogen-bond donors (Lipinski definition) is 0. The van der Waals surface area contributed by atoms with Crippen LogP contribution in [-0.2, 0) is 0 Å². The Morgan fingerprint density at radius 1 is 1.42 bits per heavy atom. The summed E-state index contributed by atoms with van der Waals surface area (Å²) in [4.78, 5) is 3.73. The van der Waals surface area contributed by atoms with E-state index in [0.717, 1.165) is 0 Å². The van der Waals surface area contributed by atoms with E-state index in [2.05, 4.69) is 9.27 Å². The number of halogens is 1. The minimum absolute atomic E-state index is 0.0471. The van der Waals surface area contributed by atoms with Crippen molar-refractivity contribution in [2.75, 3.05) is 0 Å². The highest BCUT2D eigenvalue weighted by molar-refractivity contribution is 5.24. The lowest BCUT2D eigenvalue weighted by atomic mass is 10.3. The van der Waals surface area contributed by atoms with Crippen molar-refractivity contribution in [3.05, 3.63) is 24.0 Å². The first-order valence-corrected chi connectivity index (χ1v) is 4.24. The van der Waals surface area contributed by atoms with Crippen molar-refractivity contribution < 1.29 is 28.5 Å². The first-order valence-electron chi connectivity index (χ1n) is 3.01. The minimum atomic E-state index is -4.42. The van der Waals surface area contributed by atoms with Gasteiger partial charge in [0.1, 0.15) is 10.2 Å². The van der Waals surface area contributed by atoms with E-state index < -0.39 is 10.2 Å². The van der Waals surface area contributed by atoms with E-state index in [1.54, 1.807) is 0 Å². The summed E-state index contributed by atoms with van der Waals surface area (Å²) in [6, 6.07) is 2.83. The average Bonchev–Trinajstić information content (AvgIpc) is 1.91. The van der Waals surface area contributed by atoms with Crippen LogP contribution in [0.25, 0.3) is 0 Å². The molecule has 0 atom stereocenters. The van der Waals surface area contributed by atoms with E-state index in [-0.39, 0.29) is 5.75 Å². The Kier molecular flexibility index (Phi) is 2.49. The number of hydrogen-bond acceptors (Lipinski definition) is 5. The smallest absolute Gasteiger partial charge is 0.257 e. The molecule has 1 heterocycles. The Hall–Kier alpha value is -0.880. The van der Waals surface area contributed by atoms with Gasteiger partial charge in [0.15, 0.2) is 0 Å². The van der Waals surface area contributed by atoms with Crippen LogP contribution in [0, 0.1) is 17.2 Å². The zero-order valence-electron chi connectivity index (χ0n) is 6.19. The van der Waals surface area contributed by atoms with Crippen LogP contribution in [0.2, 0.25) is 0 Å². The monoisotopic (exact) mass is 191 g/mol. The number of nitrogens with zero attached hydrogens (tertiary/aromatic N) is 1. The molecule has 0 amide bonds. The third-order valence-corrected chi connectivity index (χ3v) is 1.49. The highest BCUT2D eigenvalue weighted by Crippen LogP contribution is 2.15. The molecule has 0 radical (unpaired) electrons. The highest BCUT2D eigenvalue weighted by atomic mass is 35.7. The molecule has 6 heteroatoms. The lowest BCUT2D eigenvalue weighted by Gasteiger charge is -2.12. The van der Waals surface area contributed by atoms with Crippen LogP contribution >= 0.6 is 0 Å². The van der Waals surface area contributed by atoms with E-state index >= 15 is 0 Å². The highest BCUT2D eigenvalue weighted by Gasteiger charge is 2.21. The predicted octanol–water partition coefficient (Wildman–Crippen LogP) is -2.33. The van der Waals surface area contributed by atoms with Gasteiger partial charge in [0.05, 0.1) is 5.69 Å². The van der Waals surface area contributed by atoms with Crippen LogP contribution in [0.4, 0.5) is 0 Å². The number of pyridine rings is 1. The molecule has 0 saturated carbocycles. The molecule has 1 rings (SSSR count). The Morgan fingerprint density at radius 2 is 2.08 bits per heavy atom. The van der Waals surface area contributed by atoms with E-state index in [9.17, 15) is 14.0 Å². The molecule has 0 unspecified atom stereocenters. The van der Waals surface area contributed by atoms with Crippen LogP contribution in [0.5, 0.6) is 5.75 Å². The zero-order chi connectivity index (χ0) is 9.19. The molecule has 0 saturated heterocycles. The zero-order valence-corrected chi connectivity index (χ0v) is 6.95. The topological polar surface area (TPSA) is 91.3 Å². The van der Waals surface area contributed by atoms with Crippen molar-refractivity contribution in [3.63, 3.8) is 0 Å². The Bertz CT molecular complexity index is 272. The average molecular weight is 192 g/mol. The molecule has 0 aliphatic rings. The van der Waals surface area contributed by atoms with Gasteiger partial charge in [-0.3, -0.25) is 4.98 Å². The van der Waals surface area contributed by atoms with Gasteiger partial charge in [-0.25, -0.2) is 0 Å². The summed E-state index contributed by atoms with van der Waals surface area (Å²) < 4.78 is 34.4. The Balaban J connectivity index is 2.83. The molecule has 0 bridgehead atoms. The van der Waals surface area contributed by atoms with Gasteiger partial charge in [-0.05, 0) is 13.0 Å². The van der Waals surface area contributed by atoms with Crippen molar-refractivity contribution in [1.82, 2.24) is 4.98 Å². The number of rotatable bonds is 2. The lowest BCUT2D eigenvalue weighted by Crippen LogP contribution is -2.63. The van der Waals surface area contributed by atoms with Crippen molar-refractivity contribution in [2.45, 2.75) is 6.92 Å². The maximum Gasteiger partial charge on any atom is 0.309 e. The maximum absolute atomic E-state index is 10.1. The molecular weight excluding hydrogens is 186 g/mol. The van der Waals surface area contributed by atoms with Crippen LogP contribution in [0.1, 0.15) is 5.69 Å². The van der Waals surface area contributed by atoms with Crippen molar-refractivity contribution >= 4 is 0 Å². The van der Waals surface area contributed by atoms with Crippen LogP contribution < -0.4 is 18.3 Å². The summed E-state index contributed by atoms with van der Waals surface area (Å²) in [5.41, 5.74) is 0.351. The summed E-state index contributed by atoms with van der Waals surface area (Å²) in [7, 11) is -4.42. The molecule has 0 spiro atoms. The van der Waals surface area contributed by atoms with E-state index in [1.165, 1.54) is 25.3 Å². The second-order valence-electron chi connectivity index (χ2n) is 2.04. The molecule has 0 aromatic carbocycles. The maximum atomic E-state index is 10.1. The molecule has 1 aromatic rings. The minimum Gasteiger partial charge on any atom is -0.257 e. The summed E-state index contributed by atoms with van der Waals surface area (Å²) in [5.74, 6) is -0.0471. The largest absolute Gasteiger partial charge is 0.309 e. The fourth-order valence-electron chi connectivity index (χ4n) is 0.653. The predicted molar refractivity (Wildman–Crippen MR) is 29.6 cm³/mol. The molecule has 5 nitrogen and oxygen atoms in total. The number of aromatic nitrogens is 1. The standard InChI is InChI=1S/C6H6ClNO4/c1-5-6(3-2-4-8-5)12-7(9,10)11/h2-4H,1H3. The molecule has 1 aromatic heterocycles. The van der Waals surface area contributed by atoms with E-state index in [0.29, 0.717) is 5.69 Å². The van der Waals surface area contributed by atoms with Gasteiger partial charge >= 0.3 is 5.75 Å².